The summed E-state index contributed by atoms with van der Waals surface area (Å²) in [6.45, 7) is -0.181. The second kappa shape index (κ2) is 10.7. The summed E-state index contributed by atoms with van der Waals surface area (Å²) in [5.41, 5.74) is -1.39. The minimum absolute atomic E-state index is 0.0737. The van der Waals surface area contributed by atoms with E-state index in [9.17, 15) is 38.6 Å². The summed E-state index contributed by atoms with van der Waals surface area (Å²) in [4.78, 5) is 22.5. The van der Waals surface area contributed by atoms with Crippen LogP contribution in [0.5, 0.6) is 0 Å². The van der Waals surface area contributed by atoms with Gasteiger partial charge < -0.3 is 25.4 Å². The van der Waals surface area contributed by atoms with Crippen molar-refractivity contribution in [1.82, 2.24) is 4.72 Å². The van der Waals surface area contributed by atoms with Crippen LogP contribution in [0, 0.1) is 10.1 Å². The number of nitro groups is 1. The fourth-order valence-corrected chi connectivity index (χ4v) is 4.99. The number of amides is 1. The second-order valence-electron chi connectivity index (χ2n) is 7.37. The quantitative estimate of drug-likeness (QED) is 0.241. The highest BCUT2D eigenvalue weighted by atomic mass is 32.2. The molecule has 2 aromatic rings. The normalized spacial score (nSPS) is 24.9. The van der Waals surface area contributed by atoms with E-state index >= 15 is 0 Å². The average molecular weight is 514 g/mol. The summed E-state index contributed by atoms with van der Waals surface area (Å²) in [6, 6.07) is 10.6. The lowest BCUT2D eigenvalue weighted by atomic mass is 10.00. The van der Waals surface area contributed by atoms with Crippen LogP contribution >= 0.6 is 11.8 Å². The number of nitrogens with one attached hydrogen (secondary N) is 2. The van der Waals surface area contributed by atoms with Crippen LogP contribution in [0.25, 0.3) is 0 Å². The molecule has 184 valence electrons. The molecule has 1 amide bonds. The lowest BCUT2D eigenvalue weighted by molar-refractivity contribution is -0.384. The van der Waals surface area contributed by atoms with E-state index < -0.39 is 61.3 Å². The lowest BCUT2D eigenvalue weighted by Gasteiger charge is -2.40. The molecule has 0 aromatic heterocycles. The number of hydrogen-bond acceptors (Lipinski definition) is 11. The van der Waals surface area contributed by atoms with Gasteiger partial charge in [-0.2, -0.15) is 0 Å². The highest BCUT2D eigenvalue weighted by Crippen LogP contribution is 2.30. The summed E-state index contributed by atoms with van der Waals surface area (Å²) in [7, 11) is -4.41. The van der Waals surface area contributed by atoms with Gasteiger partial charge in [0.05, 0.1) is 9.82 Å². The first-order valence-electron chi connectivity index (χ1n) is 9.92. The molecule has 5 atom stereocenters. The number of rotatable bonds is 8. The number of hydrogen-bond donors (Lipinski definition) is 5. The van der Waals surface area contributed by atoms with Crippen molar-refractivity contribution >= 4 is 39.1 Å². The predicted molar refractivity (Wildman–Crippen MR) is 123 cm³/mol. The number of nitrogens with zero attached hydrogens (tertiary/aromatic N) is 1. The molecule has 0 saturated carbocycles. The molecule has 34 heavy (non-hydrogen) atoms. The molecule has 1 aliphatic rings. The molecule has 0 aliphatic carbocycles. The number of ether oxygens (including phenoxy) is 1. The number of aliphatic hydroxyl groups is 3. The van der Waals surface area contributed by atoms with Crippen LogP contribution in [-0.4, -0.2) is 77.2 Å². The van der Waals surface area contributed by atoms with Gasteiger partial charge in [0.1, 0.15) is 35.5 Å². The number of carbonyl (C=O) groups excluding carboxylic acids is 1. The predicted octanol–water partition coefficient (Wildman–Crippen LogP) is 0.296. The zero-order chi connectivity index (χ0) is 25.0. The Balaban J connectivity index is 1.78. The molecule has 0 bridgehead atoms. The highest BCUT2D eigenvalue weighted by molar-refractivity contribution is 7.99. The van der Waals surface area contributed by atoms with Crippen molar-refractivity contribution in [2.45, 2.75) is 34.7 Å². The van der Waals surface area contributed by atoms with Crippen molar-refractivity contribution < 1.29 is 38.2 Å². The number of sulfonamides is 1. The van der Waals surface area contributed by atoms with Gasteiger partial charge in [-0.1, -0.05) is 18.2 Å². The lowest BCUT2D eigenvalue weighted by Crippen LogP contribution is -2.58. The third-order valence-corrected chi connectivity index (χ3v) is 7.32. The van der Waals surface area contributed by atoms with Gasteiger partial charge in [-0.25, -0.2) is 13.1 Å². The standard InChI is InChI=1S/C20H23N3O9S2/c1-33-20-18(26)17(25)16(24)15(32-20)10-21-13-8-7-12(9-14(13)23(28)29)34(30,31)22-19(27)11-5-3-2-4-6-11/h2-9,15-18,20-21,24-26H,10H2,1H3,(H,22,27). The van der Waals surface area contributed by atoms with E-state index in [1.165, 1.54) is 12.1 Å². The van der Waals surface area contributed by atoms with Gasteiger partial charge in [0, 0.05) is 18.2 Å². The molecule has 5 unspecified atom stereocenters. The molecule has 12 nitrogen and oxygen atoms in total. The van der Waals surface area contributed by atoms with Crippen LogP contribution in [-0.2, 0) is 14.8 Å². The van der Waals surface area contributed by atoms with E-state index in [1.807, 2.05) is 4.72 Å². The zero-order valence-corrected chi connectivity index (χ0v) is 19.4. The molecule has 1 heterocycles. The van der Waals surface area contributed by atoms with Crippen molar-refractivity contribution in [3.8, 4) is 0 Å². The van der Waals surface area contributed by atoms with Crippen LogP contribution in [0.2, 0.25) is 0 Å². The number of benzene rings is 2. The van der Waals surface area contributed by atoms with E-state index in [4.69, 9.17) is 4.74 Å². The van der Waals surface area contributed by atoms with Crippen molar-refractivity contribution in [3.63, 3.8) is 0 Å². The van der Waals surface area contributed by atoms with Gasteiger partial charge in [0.2, 0.25) is 0 Å². The monoisotopic (exact) mass is 513 g/mol. The van der Waals surface area contributed by atoms with Crippen LogP contribution in [0.4, 0.5) is 11.4 Å². The Labute approximate surface area is 199 Å². The van der Waals surface area contributed by atoms with Crippen LogP contribution in [0.3, 0.4) is 0 Å². The first kappa shape index (κ1) is 25.9. The first-order valence-corrected chi connectivity index (χ1v) is 12.7. The topological polar surface area (TPSA) is 188 Å². The van der Waals surface area contributed by atoms with Gasteiger partial charge in [-0.15, -0.1) is 11.8 Å². The Morgan fingerprint density at radius 3 is 2.41 bits per heavy atom. The fraction of sp³-hybridized carbons (Fsp3) is 0.350. The Hall–Kier alpha value is -2.75. The summed E-state index contributed by atoms with van der Waals surface area (Å²) in [6.07, 6.45) is -3.62. The van der Waals surface area contributed by atoms with E-state index in [-0.39, 0.29) is 17.8 Å². The number of nitro benzene ring substituents is 1. The summed E-state index contributed by atoms with van der Waals surface area (Å²) in [5, 5.41) is 44.4. The Bertz CT molecular complexity index is 1150. The number of carbonyl (C=O) groups is 1. The Kier molecular flexibility index (Phi) is 8.12. The van der Waals surface area contributed by atoms with Gasteiger partial charge in [0.15, 0.2) is 0 Å². The van der Waals surface area contributed by atoms with Gasteiger partial charge in [-0.05, 0) is 30.5 Å². The minimum atomic E-state index is -4.41. The third-order valence-electron chi connectivity index (χ3n) is 5.13. The molecular formula is C20H23N3O9S2. The number of aliphatic hydroxyl groups excluding tert-OH is 3. The van der Waals surface area contributed by atoms with E-state index in [0.717, 1.165) is 30.0 Å². The van der Waals surface area contributed by atoms with Crippen molar-refractivity contribution in [2.75, 3.05) is 18.1 Å². The van der Waals surface area contributed by atoms with Crippen molar-refractivity contribution in [1.29, 1.82) is 0 Å². The largest absolute Gasteiger partial charge is 0.388 e. The summed E-state index contributed by atoms with van der Waals surface area (Å²) in [5.74, 6) is -0.891. The smallest absolute Gasteiger partial charge is 0.293 e. The molecule has 14 heteroatoms. The van der Waals surface area contributed by atoms with Crippen LogP contribution in [0.15, 0.2) is 53.4 Å². The van der Waals surface area contributed by atoms with Gasteiger partial charge >= 0.3 is 0 Å². The van der Waals surface area contributed by atoms with E-state index in [0.29, 0.717) is 0 Å². The molecule has 3 rings (SSSR count). The van der Waals surface area contributed by atoms with Crippen molar-refractivity contribution in [3.05, 3.63) is 64.2 Å². The fourth-order valence-electron chi connectivity index (χ4n) is 3.30. The minimum Gasteiger partial charge on any atom is -0.388 e. The van der Waals surface area contributed by atoms with Crippen molar-refractivity contribution in [2.24, 2.45) is 0 Å². The third kappa shape index (κ3) is 5.65. The molecule has 2 aromatic carbocycles. The van der Waals surface area contributed by atoms with E-state index in [1.54, 1.807) is 24.5 Å². The summed E-state index contributed by atoms with van der Waals surface area (Å²) >= 11 is 1.12. The molecular weight excluding hydrogens is 490 g/mol. The number of anilines is 1. The van der Waals surface area contributed by atoms with E-state index in [2.05, 4.69) is 5.32 Å². The molecule has 1 fully saturated rings. The van der Waals surface area contributed by atoms with Gasteiger partial charge in [0.25, 0.3) is 21.6 Å². The second-order valence-corrected chi connectivity index (χ2v) is 9.99. The Morgan fingerprint density at radius 2 is 1.79 bits per heavy atom. The highest BCUT2D eigenvalue weighted by Gasteiger charge is 2.43. The SMILES string of the molecule is CSC1OC(CNc2ccc(S(=O)(=O)NC(=O)c3ccccc3)cc2[N+](=O)[O-])C(O)C(O)C1O. The average Bonchev–Trinajstić information content (AvgIpc) is 2.82. The zero-order valence-electron chi connectivity index (χ0n) is 17.8. The van der Waals surface area contributed by atoms with Crippen LogP contribution in [0.1, 0.15) is 10.4 Å². The maximum atomic E-state index is 12.6. The first-order chi connectivity index (χ1) is 16.0. The van der Waals surface area contributed by atoms with Gasteiger partial charge in [-0.3, -0.25) is 14.9 Å². The number of thioether (sulfide) groups is 1. The molecule has 5 N–H and O–H groups in total. The Morgan fingerprint density at radius 1 is 1.12 bits per heavy atom. The molecule has 0 radical (unpaired) electrons. The molecule has 1 aliphatic heterocycles. The molecule has 1 saturated heterocycles. The maximum Gasteiger partial charge on any atom is 0.293 e. The van der Waals surface area contributed by atoms with Crippen LogP contribution < -0.4 is 10.0 Å². The summed E-state index contributed by atoms with van der Waals surface area (Å²) < 4.78 is 32.6. The maximum absolute atomic E-state index is 12.6. The molecule has 0 spiro atoms.